The van der Waals surface area contributed by atoms with Crippen molar-refractivity contribution in [1.82, 2.24) is 9.88 Å². The summed E-state index contributed by atoms with van der Waals surface area (Å²) in [5, 5.41) is 12.5. The summed E-state index contributed by atoms with van der Waals surface area (Å²) in [5.74, 6) is 0.278. The Morgan fingerprint density at radius 3 is 2.90 bits per heavy atom. The molecule has 1 aromatic heterocycles. The summed E-state index contributed by atoms with van der Waals surface area (Å²) in [4.78, 5) is 33.4. The number of amides is 2. The van der Waals surface area contributed by atoms with Gasteiger partial charge in [-0.1, -0.05) is 30.3 Å². The van der Waals surface area contributed by atoms with Crippen LogP contribution < -0.4 is 10.2 Å². The van der Waals surface area contributed by atoms with E-state index in [1.807, 2.05) is 30.3 Å². The van der Waals surface area contributed by atoms with Gasteiger partial charge in [-0.05, 0) is 24.5 Å². The maximum atomic E-state index is 13.2. The Hall–Kier alpha value is -2.97. The van der Waals surface area contributed by atoms with Crippen LogP contribution in [0.25, 0.3) is 0 Å². The topological polar surface area (TPSA) is 95.0 Å². The summed E-state index contributed by atoms with van der Waals surface area (Å²) in [5.41, 5.74) is 1.95. The van der Waals surface area contributed by atoms with E-state index < -0.39 is 0 Å². The molecule has 1 saturated heterocycles. The van der Waals surface area contributed by atoms with Crippen LogP contribution in [-0.2, 0) is 16.1 Å². The van der Waals surface area contributed by atoms with Crippen molar-refractivity contribution in [1.29, 1.82) is 0 Å². The number of fused-ring (bicyclic) bond motifs is 1. The van der Waals surface area contributed by atoms with Crippen molar-refractivity contribution < 1.29 is 19.4 Å². The lowest BCUT2D eigenvalue weighted by molar-refractivity contribution is -0.117. The average Bonchev–Trinajstić information content (AvgIpc) is 3.29. The van der Waals surface area contributed by atoms with Crippen LogP contribution in [0.15, 0.2) is 42.6 Å². The second kappa shape index (κ2) is 9.23. The molecule has 0 saturated carbocycles. The van der Waals surface area contributed by atoms with Gasteiger partial charge in [-0.2, -0.15) is 0 Å². The molecule has 158 valence electrons. The van der Waals surface area contributed by atoms with Crippen molar-refractivity contribution in [2.75, 3.05) is 43.1 Å². The van der Waals surface area contributed by atoms with E-state index >= 15 is 0 Å². The number of anilines is 2. The molecule has 2 amide bonds. The summed E-state index contributed by atoms with van der Waals surface area (Å²) in [7, 11) is 0. The Labute approximate surface area is 175 Å². The zero-order valence-electron chi connectivity index (χ0n) is 16.8. The van der Waals surface area contributed by atoms with Crippen LogP contribution in [-0.4, -0.2) is 65.8 Å². The third-order valence-electron chi connectivity index (χ3n) is 5.40. The number of nitrogens with one attached hydrogen (secondary N) is 1. The molecule has 0 radical (unpaired) electrons. The van der Waals surface area contributed by atoms with Crippen LogP contribution in [0, 0.1) is 0 Å². The number of ether oxygens (including phenoxy) is 1. The molecule has 8 nitrogen and oxygen atoms in total. The summed E-state index contributed by atoms with van der Waals surface area (Å²) >= 11 is 0. The van der Waals surface area contributed by atoms with Gasteiger partial charge >= 0.3 is 0 Å². The normalized spacial score (nSPS) is 18.1. The molecule has 1 atom stereocenters. The molecule has 8 heteroatoms. The molecule has 2 aliphatic heterocycles. The van der Waals surface area contributed by atoms with Crippen molar-refractivity contribution in [3.63, 3.8) is 0 Å². The minimum atomic E-state index is -0.238. The van der Waals surface area contributed by atoms with E-state index in [9.17, 15) is 14.7 Å². The van der Waals surface area contributed by atoms with Gasteiger partial charge in [0.1, 0.15) is 5.82 Å². The molecule has 2 aromatic rings. The third-order valence-corrected chi connectivity index (χ3v) is 5.40. The smallest absolute Gasteiger partial charge is 0.255 e. The summed E-state index contributed by atoms with van der Waals surface area (Å²) in [6, 6.07) is 11.3. The monoisotopic (exact) mass is 410 g/mol. The molecule has 0 bridgehead atoms. The highest BCUT2D eigenvalue weighted by Crippen LogP contribution is 2.30. The fourth-order valence-corrected chi connectivity index (χ4v) is 3.85. The van der Waals surface area contributed by atoms with Crippen LogP contribution in [0.3, 0.4) is 0 Å². The van der Waals surface area contributed by atoms with Crippen LogP contribution in [0.4, 0.5) is 11.5 Å². The van der Waals surface area contributed by atoms with Crippen molar-refractivity contribution in [3.05, 3.63) is 53.7 Å². The van der Waals surface area contributed by atoms with Gasteiger partial charge in [0.05, 0.1) is 37.1 Å². The average molecular weight is 410 g/mol. The molecular formula is C22H26N4O4. The van der Waals surface area contributed by atoms with Crippen LogP contribution in [0.2, 0.25) is 0 Å². The molecule has 1 aromatic carbocycles. The first-order valence-corrected chi connectivity index (χ1v) is 10.3. The lowest BCUT2D eigenvalue weighted by Gasteiger charge is -2.31. The molecule has 2 aliphatic rings. The third kappa shape index (κ3) is 4.44. The molecule has 4 rings (SSSR count). The number of aromatic nitrogens is 1. The van der Waals surface area contributed by atoms with Crippen molar-refractivity contribution >= 4 is 23.3 Å². The van der Waals surface area contributed by atoms with Gasteiger partial charge in [-0.15, -0.1) is 0 Å². The molecule has 1 fully saturated rings. The van der Waals surface area contributed by atoms with Gasteiger partial charge in [0, 0.05) is 25.9 Å². The molecule has 1 unspecified atom stereocenters. The number of hydrogen-bond acceptors (Lipinski definition) is 6. The number of carbonyl (C=O) groups is 2. The molecule has 30 heavy (non-hydrogen) atoms. The number of pyridine rings is 1. The lowest BCUT2D eigenvalue weighted by Crippen LogP contribution is -2.44. The molecular weight excluding hydrogens is 384 g/mol. The fraction of sp³-hybridized carbons (Fsp3) is 0.409. The minimum Gasteiger partial charge on any atom is -0.395 e. The Morgan fingerprint density at radius 1 is 1.33 bits per heavy atom. The predicted molar refractivity (Wildman–Crippen MR) is 112 cm³/mol. The molecule has 3 heterocycles. The first-order chi connectivity index (χ1) is 14.7. The molecule has 2 N–H and O–H groups in total. The zero-order chi connectivity index (χ0) is 20.9. The highest BCUT2D eigenvalue weighted by molar-refractivity contribution is 6.04. The standard InChI is InChI=1S/C22H26N4O4/c27-9-8-25(14-16-5-2-1-3-6-16)22(29)17-11-19-21(23-12-17)24-13-20(28)26(19)15-18-7-4-10-30-18/h1-3,5-6,11-12,18,27H,4,7-10,13-15H2,(H,23,24). The number of hydrogen-bond donors (Lipinski definition) is 2. The number of aliphatic hydroxyl groups is 1. The SMILES string of the molecule is O=C(c1cnc2c(c1)N(CC1CCCO1)C(=O)CN2)N(CCO)Cc1ccccc1. The zero-order valence-corrected chi connectivity index (χ0v) is 16.8. The van der Waals surface area contributed by atoms with E-state index in [-0.39, 0.29) is 37.6 Å². The quantitative estimate of drug-likeness (QED) is 0.721. The van der Waals surface area contributed by atoms with Gasteiger partial charge < -0.3 is 25.0 Å². The van der Waals surface area contributed by atoms with Gasteiger partial charge in [0.2, 0.25) is 5.91 Å². The maximum absolute atomic E-state index is 13.2. The van der Waals surface area contributed by atoms with Crippen LogP contribution >= 0.6 is 0 Å². The highest BCUT2D eigenvalue weighted by atomic mass is 16.5. The Morgan fingerprint density at radius 2 is 2.17 bits per heavy atom. The van der Waals surface area contributed by atoms with Gasteiger partial charge in [-0.25, -0.2) is 4.98 Å². The number of aliphatic hydroxyl groups excluding tert-OH is 1. The first-order valence-electron chi connectivity index (χ1n) is 10.3. The van der Waals surface area contributed by atoms with E-state index in [1.54, 1.807) is 15.9 Å². The van der Waals surface area contributed by atoms with Crippen LogP contribution in [0.1, 0.15) is 28.8 Å². The number of nitrogens with zero attached hydrogens (tertiary/aromatic N) is 3. The summed E-state index contributed by atoms with van der Waals surface area (Å²) < 4.78 is 5.70. The van der Waals surface area contributed by atoms with E-state index in [4.69, 9.17) is 4.74 Å². The summed E-state index contributed by atoms with van der Waals surface area (Å²) in [6.07, 6.45) is 3.43. The Kier molecular flexibility index (Phi) is 6.25. The summed E-state index contributed by atoms with van der Waals surface area (Å²) in [6.45, 7) is 1.80. The second-order valence-corrected chi connectivity index (χ2v) is 7.52. The van der Waals surface area contributed by atoms with Gasteiger partial charge in [-0.3, -0.25) is 9.59 Å². The second-order valence-electron chi connectivity index (χ2n) is 7.52. The van der Waals surface area contributed by atoms with E-state index in [1.165, 1.54) is 6.20 Å². The minimum absolute atomic E-state index is 0.00299. The van der Waals surface area contributed by atoms with Crippen molar-refractivity contribution in [2.45, 2.75) is 25.5 Å². The fourth-order valence-electron chi connectivity index (χ4n) is 3.85. The maximum Gasteiger partial charge on any atom is 0.255 e. The number of carbonyl (C=O) groups excluding carboxylic acids is 2. The van der Waals surface area contributed by atoms with E-state index in [0.29, 0.717) is 36.8 Å². The largest absolute Gasteiger partial charge is 0.395 e. The number of benzene rings is 1. The van der Waals surface area contributed by atoms with Gasteiger partial charge in [0.25, 0.3) is 5.91 Å². The van der Waals surface area contributed by atoms with Crippen molar-refractivity contribution in [3.8, 4) is 0 Å². The van der Waals surface area contributed by atoms with Gasteiger partial charge in [0.15, 0.2) is 0 Å². The molecule has 0 spiro atoms. The Balaban J connectivity index is 1.58. The Bertz CT molecular complexity index is 899. The highest BCUT2D eigenvalue weighted by Gasteiger charge is 2.30. The first kappa shape index (κ1) is 20.3. The van der Waals surface area contributed by atoms with E-state index in [0.717, 1.165) is 18.4 Å². The van der Waals surface area contributed by atoms with Crippen molar-refractivity contribution in [2.24, 2.45) is 0 Å². The molecule has 0 aliphatic carbocycles. The van der Waals surface area contributed by atoms with E-state index in [2.05, 4.69) is 10.3 Å². The lowest BCUT2D eigenvalue weighted by atomic mass is 10.1. The predicted octanol–water partition coefficient (Wildman–Crippen LogP) is 1.65. The van der Waals surface area contributed by atoms with Crippen LogP contribution in [0.5, 0.6) is 0 Å². The number of rotatable bonds is 7.